The summed E-state index contributed by atoms with van der Waals surface area (Å²) in [7, 11) is 0. The van der Waals surface area contributed by atoms with E-state index in [0.717, 1.165) is 81.3 Å². The second-order valence-corrected chi connectivity index (χ2v) is 15.5. The van der Waals surface area contributed by atoms with E-state index in [1.165, 1.54) is 0 Å². The van der Waals surface area contributed by atoms with Gasteiger partial charge in [-0.1, -0.05) is 103 Å². The third-order valence-electron chi connectivity index (χ3n) is 8.63. The number of fused-ring (bicyclic) bond motifs is 6. The Morgan fingerprint density at radius 1 is 0.341 bits per heavy atom. The Morgan fingerprint density at radius 3 is 0.977 bits per heavy atom. The van der Waals surface area contributed by atoms with Crippen LogP contribution in [0.2, 0.25) is 0 Å². The zero-order valence-electron chi connectivity index (χ0n) is 23.6. The number of pyridine rings is 3. The molecule has 0 unspecified atom stereocenters. The summed E-state index contributed by atoms with van der Waals surface area (Å²) in [5.41, 5.74) is 5.78. The molecule has 0 aliphatic rings. The molecule has 0 radical (unpaired) electrons. The van der Waals surface area contributed by atoms with Gasteiger partial charge < -0.3 is 0 Å². The van der Waals surface area contributed by atoms with Gasteiger partial charge in [0.15, 0.2) is 0 Å². The summed E-state index contributed by atoms with van der Waals surface area (Å²) in [5, 5.41) is 9.96. The van der Waals surface area contributed by atoms with Crippen LogP contribution in [0.25, 0.3) is 65.4 Å². The molecule has 206 valence electrons. The van der Waals surface area contributed by atoms with Crippen LogP contribution in [0, 0.1) is 0 Å². The van der Waals surface area contributed by atoms with Crippen molar-refractivity contribution in [2.45, 2.75) is 0 Å². The van der Waals surface area contributed by atoms with Gasteiger partial charge in [0, 0.05) is 54.3 Å². The minimum atomic E-state index is -2.73. The van der Waals surface area contributed by atoms with Crippen LogP contribution >= 0.6 is 6.04 Å². The summed E-state index contributed by atoms with van der Waals surface area (Å²) in [4.78, 5) is 15.3. The van der Waals surface area contributed by atoms with Gasteiger partial charge in [0.2, 0.25) is 0 Å². The van der Waals surface area contributed by atoms with Crippen LogP contribution in [0.3, 0.4) is 0 Å². The predicted octanol–water partition coefficient (Wildman–Crippen LogP) is 8.55. The van der Waals surface area contributed by atoms with Gasteiger partial charge in [-0.15, -0.1) is 0 Å². The lowest BCUT2D eigenvalue weighted by atomic mass is 10.1. The Bertz CT molecular complexity index is 2370. The topological polar surface area (TPSA) is 38.7 Å². The van der Waals surface area contributed by atoms with E-state index in [1.54, 1.807) is 0 Å². The molecule has 9 aromatic rings. The van der Waals surface area contributed by atoms with Crippen LogP contribution in [-0.2, 0) is 11.8 Å². The van der Waals surface area contributed by atoms with Crippen LogP contribution in [0.5, 0.6) is 0 Å². The minimum Gasteiger partial charge on any atom is -0.248 e. The standard InChI is InChI=1S/C39H24N3PS/c44-43(37-19-7-16-34-28(37)22-25-10-1-4-13-31(25)40-34,38-20-8-17-35-29(38)23-26-11-2-5-14-32(26)41-35)39-21-9-18-36-30(39)24-27-12-3-6-15-33(27)42-36/h1-24H. The molecular weight excluding hydrogens is 573 g/mol. The minimum absolute atomic E-state index is 0.947. The van der Waals surface area contributed by atoms with Gasteiger partial charge in [0.25, 0.3) is 0 Å². The van der Waals surface area contributed by atoms with Gasteiger partial charge in [-0.3, -0.25) is 0 Å². The Kier molecular flexibility index (Phi) is 5.65. The third kappa shape index (κ3) is 3.82. The van der Waals surface area contributed by atoms with E-state index in [0.29, 0.717) is 0 Å². The molecule has 5 heteroatoms. The quantitative estimate of drug-likeness (QED) is 0.151. The van der Waals surface area contributed by atoms with Gasteiger partial charge in [0.1, 0.15) is 0 Å². The highest BCUT2D eigenvalue weighted by atomic mass is 32.4. The highest BCUT2D eigenvalue weighted by molar-refractivity contribution is 8.26. The zero-order valence-corrected chi connectivity index (χ0v) is 25.3. The summed E-state index contributed by atoms with van der Waals surface area (Å²) in [6, 6.07) is 48.3. The van der Waals surface area contributed by atoms with Crippen molar-refractivity contribution in [3.8, 4) is 0 Å². The largest absolute Gasteiger partial charge is 0.248 e. The van der Waals surface area contributed by atoms with Crippen LogP contribution < -0.4 is 15.9 Å². The van der Waals surface area contributed by atoms with E-state index in [2.05, 4.69) is 127 Å². The molecule has 0 fully saturated rings. The fourth-order valence-electron chi connectivity index (χ4n) is 6.56. The Labute approximate surface area is 258 Å². The molecule has 0 bridgehead atoms. The van der Waals surface area contributed by atoms with Crippen molar-refractivity contribution in [2.24, 2.45) is 0 Å². The molecule has 3 heterocycles. The number of hydrogen-bond donors (Lipinski definition) is 0. The lowest BCUT2D eigenvalue weighted by molar-refractivity contribution is 1.50. The first-order valence-corrected chi connectivity index (χ1v) is 17.4. The van der Waals surface area contributed by atoms with Crippen LogP contribution in [0.1, 0.15) is 0 Å². The monoisotopic (exact) mass is 597 g/mol. The van der Waals surface area contributed by atoms with E-state index < -0.39 is 6.04 Å². The van der Waals surface area contributed by atoms with Crippen molar-refractivity contribution in [1.29, 1.82) is 0 Å². The molecule has 0 aliphatic carbocycles. The molecule has 3 aromatic heterocycles. The predicted molar refractivity (Wildman–Crippen MR) is 191 cm³/mol. The first-order valence-electron chi connectivity index (χ1n) is 14.6. The van der Waals surface area contributed by atoms with Gasteiger partial charge >= 0.3 is 0 Å². The van der Waals surface area contributed by atoms with Crippen molar-refractivity contribution < 1.29 is 0 Å². The van der Waals surface area contributed by atoms with E-state index in [4.69, 9.17) is 26.8 Å². The fraction of sp³-hybridized carbons (Fsp3) is 0. The second-order valence-electron chi connectivity index (χ2n) is 11.2. The third-order valence-corrected chi connectivity index (χ3v) is 13.6. The number of para-hydroxylation sites is 3. The van der Waals surface area contributed by atoms with Gasteiger partial charge in [0.05, 0.1) is 33.1 Å². The molecule has 0 spiro atoms. The van der Waals surface area contributed by atoms with Crippen molar-refractivity contribution in [3.63, 3.8) is 0 Å². The maximum Gasteiger partial charge on any atom is 0.0716 e. The first-order chi connectivity index (χ1) is 21.7. The summed E-state index contributed by atoms with van der Waals surface area (Å²) < 4.78 is 0. The Morgan fingerprint density at radius 2 is 0.636 bits per heavy atom. The SMILES string of the molecule is S=P(c1cccc2nc3ccccc3cc12)(c1cccc2nc3ccccc3cc12)c1cccc2nc3ccccc3cc12. The van der Waals surface area contributed by atoms with E-state index in [1.807, 2.05) is 18.2 Å². The Hall–Kier alpha value is -5.02. The number of nitrogens with zero attached hydrogens (tertiary/aromatic N) is 3. The highest BCUT2D eigenvalue weighted by Crippen LogP contribution is 2.48. The van der Waals surface area contributed by atoms with Crippen LogP contribution in [-0.4, -0.2) is 15.0 Å². The lowest BCUT2D eigenvalue weighted by Gasteiger charge is -2.28. The molecule has 3 nitrogen and oxygen atoms in total. The molecule has 9 rings (SSSR count). The Balaban J connectivity index is 1.46. The maximum atomic E-state index is 7.18. The van der Waals surface area contributed by atoms with Crippen LogP contribution in [0.15, 0.2) is 146 Å². The lowest BCUT2D eigenvalue weighted by Crippen LogP contribution is -2.27. The molecule has 0 saturated carbocycles. The molecule has 0 saturated heterocycles. The van der Waals surface area contributed by atoms with Crippen molar-refractivity contribution in [3.05, 3.63) is 146 Å². The normalized spacial score (nSPS) is 12.2. The molecule has 0 aliphatic heterocycles. The average Bonchev–Trinajstić information content (AvgIpc) is 3.07. The highest BCUT2D eigenvalue weighted by Gasteiger charge is 2.31. The van der Waals surface area contributed by atoms with Crippen molar-refractivity contribution in [2.75, 3.05) is 0 Å². The van der Waals surface area contributed by atoms with Crippen molar-refractivity contribution in [1.82, 2.24) is 15.0 Å². The summed E-state index contributed by atoms with van der Waals surface area (Å²) in [6.45, 7) is 0. The first kappa shape index (κ1) is 25.5. The summed E-state index contributed by atoms with van der Waals surface area (Å²) in [5.74, 6) is 0. The van der Waals surface area contributed by atoms with Gasteiger partial charge in [-0.05, 0) is 54.6 Å². The van der Waals surface area contributed by atoms with Gasteiger partial charge in [-0.25, -0.2) is 15.0 Å². The molecular formula is C39H24N3PS. The second kappa shape index (κ2) is 9.75. The van der Waals surface area contributed by atoms with Crippen LogP contribution in [0.4, 0.5) is 0 Å². The molecule has 0 N–H and O–H groups in total. The smallest absolute Gasteiger partial charge is 0.0716 e. The summed E-state index contributed by atoms with van der Waals surface area (Å²) >= 11 is 7.18. The van der Waals surface area contributed by atoms with Crippen molar-refractivity contribution >= 4 is 99.2 Å². The molecule has 6 aromatic carbocycles. The van der Waals surface area contributed by atoms with E-state index in [-0.39, 0.29) is 0 Å². The average molecular weight is 598 g/mol. The molecule has 44 heavy (non-hydrogen) atoms. The number of aromatic nitrogens is 3. The molecule has 0 atom stereocenters. The fourth-order valence-corrected chi connectivity index (χ4v) is 11.2. The number of benzene rings is 6. The molecule has 0 amide bonds. The van der Waals surface area contributed by atoms with Gasteiger partial charge in [-0.2, -0.15) is 0 Å². The van der Waals surface area contributed by atoms with E-state index >= 15 is 0 Å². The maximum absolute atomic E-state index is 7.18. The number of rotatable bonds is 3. The summed E-state index contributed by atoms with van der Waals surface area (Å²) in [6.07, 6.45) is 0. The number of hydrogen-bond acceptors (Lipinski definition) is 4. The van der Waals surface area contributed by atoms with E-state index in [9.17, 15) is 0 Å². The zero-order chi connectivity index (χ0) is 29.3.